The number of rotatable bonds is 10. The maximum absolute atomic E-state index is 12.1. The molecule has 15 atom stereocenters. The third kappa shape index (κ3) is 8.16. The van der Waals surface area contributed by atoms with Gasteiger partial charge in [-0.15, -0.1) is 0 Å². The molecule has 0 radical (unpaired) electrons. The second-order valence-corrected chi connectivity index (χ2v) is 10.9. The van der Waals surface area contributed by atoms with Gasteiger partial charge in [0.05, 0.1) is 32.0 Å². The average molecular weight is 626 g/mol. The van der Waals surface area contributed by atoms with Crippen molar-refractivity contribution in [1.29, 1.82) is 0 Å². The number of amides is 3. The molecule has 43 heavy (non-hydrogen) atoms. The van der Waals surface area contributed by atoms with Gasteiger partial charge >= 0.3 is 0 Å². The van der Waals surface area contributed by atoms with Crippen LogP contribution >= 0.6 is 0 Å². The van der Waals surface area contributed by atoms with Crippen molar-refractivity contribution in [3.05, 3.63) is 0 Å². The summed E-state index contributed by atoms with van der Waals surface area (Å²) in [6.45, 7) is 3.03. The van der Waals surface area contributed by atoms with Gasteiger partial charge in [0.1, 0.15) is 54.7 Å². The molecule has 18 nitrogen and oxygen atoms in total. The third-order valence-electron chi connectivity index (χ3n) is 7.69. The van der Waals surface area contributed by atoms with Gasteiger partial charge < -0.3 is 75.4 Å². The molecule has 10 N–H and O–H groups in total. The van der Waals surface area contributed by atoms with Crippen molar-refractivity contribution >= 4 is 17.7 Å². The molecule has 0 bridgehead atoms. The monoisotopic (exact) mass is 625 g/mol. The first-order valence-electron chi connectivity index (χ1n) is 13.9. The van der Waals surface area contributed by atoms with Gasteiger partial charge in [0.2, 0.25) is 17.7 Å². The first kappa shape index (κ1) is 35.4. The van der Waals surface area contributed by atoms with Crippen LogP contribution in [0.3, 0.4) is 0 Å². The zero-order valence-corrected chi connectivity index (χ0v) is 24.2. The molecule has 3 rings (SSSR count). The highest BCUT2D eigenvalue weighted by atomic mass is 16.7. The fourth-order valence-corrected chi connectivity index (χ4v) is 5.49. The molecule has 3 amide bonds. The van der Waals surface area contributed by atoms with Gasteiger partial charge in [-0.2, -0.15) is 0 Å². The quantitative estimate of drug-likeness (QED) is 0.108. The van der Waals surface area contributed by atoms with Gasteiger partial charge in [-0.25, -0.2) is 0 Å². The van der Waals surface area contributed by atoms with Crippen LogP contribution in [0.5, 0.6) is 0 Å². The summed E-state index contributed by atoms with van der Waals surface area (Å²) in [4.78, 5) is 35.6. The zero-order chi connectivity index (χ0) is 32.2. The van der Waals surface area contributed by atoms with Gasteiger partial charge in [-0.1, -0.05) is 6.92 Å². The topological polar surface area (TPSA) is 275 Å². The summed E-state index contributed by atoms with van der Waals surface area (Å²) in [7, 11) is 0. The second-order valence-electron chi connectivity index (χ2n) is 10.9. The Labute approximate surface area is 247 Å². The molecule has 0 aromatic rings. The molecular formula is C25H43N3O15. The van der Waals surface area contributed by atoms with E-state index in [-0.39, 0.29) is 0 Å². The van der Waals surface area contributed by atoms with Gasteiger partial charge in [0, 0.05) is 26.7 Å². The molecule has 0 saturated carbocycles. The van der Waals surface area contributed by atoms with Crippen LogP contribution in [-0.2, 0) is 38.1 Å². The summed E-state index contributed by atoms with van der Waals surface area (Å²) in [5, 5.41) is 80.5. The minimum atomic E-state index is -1.71. The molecule has 3 fully saturated rings. The predicted octanol–water partition coefficient (Wildman–Crippen LogP) is -5.87. The second kappa shape index (κ2) is 15.3. The van der Waals surface area contributed by atoms with E-state index < -0.39 is 129 Å². The van der Waals surface area contributed by atoms with Crippen LogP contribution < -0.4 is 16.0 Å². The third-order valence-corrected chi connectivity index (χ3v) is 7.69. The average Bonchev–Trinajstić information content (AvgIpc) is 2.94. The Morgan fingerprint density at radius 2 is 0.977 bits per heavy atom. The SMILES string of the molecule is CC(=O)NC1C(O)OC(CO)C(OC2OC(CO)C(OC3OC(CO)C(C)C(O)C3NC(C)=O)C(O)C2NC(C)=O)C1O. The molecule has 18 heteroatoms. The van der Waals surface area contributed by atoms with E-state index in [1.165, 1.54) is 6.92 Å². The van der Waals surface area contributed by atoms with Crippen LogP contribution in [0.1, 0.15) is 27.7 Å². The first-order valence-corrected chi connectivity index (χ1v) is 13.9. The van der Waals surface area contributed by atoms with E-state index in [1.54, 1.807) is 6.92 Å². The molecule has 0 aliphatic carbocycles. The van der Waals surface area contributed by atoms with Crippen LogP contribution in [0.25, 0.3) is 0 Å². The van der Waals surface area contributed by atoms with Crippen molar-refractivity contribution in [3.8, 4) is 0 Å². The van der Waals surface area contributed by atoms with Gasteiger partial charge in [-0.05, 0) is 0 Å². The lowest BCUT2D eigenvalue weighted by atomic mass is 9.89. The van der Waals surface area contributed by atoms with Crippen molar-refractivity contribution in [2.45, 2.75) is 114 Å². The molecule has 0 aromatic heterocycles. The van der Waals surface area contributed by atoms with Crippen LogP contribution in [0.4, 0.5) is 0 Å². The summed E-state index contributed by atoms with van der Waals surface area (Å²) >= 11 is 0. The van der Waals surface area contributed by atoms with E-state index in [0.717, 1.165) is 13.8 Å². The summed E-state index contributed by atoms with van der Waals surface area (Å²) < 4.78 is 28.8. The minimum absolute atomic E-state index is 0.506. The zero-order valence-electron chi connectivity index (χ0n) is 24.2. The van der Waals surface area contributed by atoms with Crippen molar-refractivity contribution in [2.24, 2.45) is 5.92 Å². The smallest absolute Gasteiger partial charge is 0.217 e. The number of hydrogen-bond acceptors (Lipinski definition) is 15. The number of carbonyl (C=O) groups is 3. The Bertz CT molecular complexity index is 961. The molecule has 15 unspecified atom stereocenters. The van der Waals surface area contributed by atoms with E-state index in [1.807, 2.05) is 0 Å². The maximum Gasteiger partial charge on any atom is 0.217 e. The van der Waals surface area contributed by atoms with E-state index in [9.17, 15) is 50.1 Å². The van der Waals surface area contributed by atoms with Crippen molar-refractivity contribution < 1.29 is 73.8 Å². The standard InChI is InChI=1S/C25H43N3O15/c1-8-12(5-29)40-24(16(18(8)35)27-10(3)33)43-22-14(7-31)41-25(17(20(22)37)28-11(4)34)42-21-13(6-30)39-23(38)15(19(21)36)26-9(2)32/h8,12-25,29-31,35-38H,5-7H2,1-4H3,(H,26,32)(H,27,33)(H,28,34). The summed E-state index contributed by atoms with van der Waals surface area (Å²) in [5.74, 6) is -2.42. The normalized spacial score (nSPS) is 43.5. The maximum atomic E-state index is 12.1. The van der Waals surface area contributed by atoms with Crippen molar-refractivity contribution in [3.63, 3.8) is 0 Å². The predicted molar refractivity (Wildman–Crippen MR) is 139 cm³/mol. The number of ether oxygens (including phenoxy) is 5. The number of aliphatic hydroxyl groups is 7. The number of nitrogens with one attached hydrogen (secondary N) is 3. The van der Waals surface area contributed by atoms with Crippen LogP contribution in [0, 0.1) is 5.92 Å². The minimum Gasteiger partial charge on any atom is -0.394 e. The van der Waals surface area contributed by atoms with E-state index in [4.69, 9.17) is 23.7 Å². The van der Waals surface area contributed by atoms with E-state index >= 15 is 0 Å². The Kier molecular flexibility index (Phi) is 12.6. The first-order chi connectivity index (χ1) is 20.2. The summed E-state index contributed by atoms with van der Waals surface area (Å²) in [6, 6.07) is -3.99. The molecule has 3 aliphatic rings. The Balaban J connectivity index is 1.89. The molecule has 3 saturated heterocycles. The fraction of sp³-hybridized carbons (Fsp3) is 0.880. The van der Waals surface area contributed by atoms with Crippen LogP contribution in [0.2, 0.25) is 0 Å². The van der Waals surface area contributed by atoms with Gasteiger partial charge in [0.15, 0.2) is 18.9 Å². The fourth-order valence-electron chi connectivity index (χ4n) is 5.49. The lowest BCUT2D eigenvalue weighted by Gasteiger charge is -2.50. The lowest BCUT2D eigenvalue weighted by molar-refractivity contribution is -0.349. The molecule has 3 aliphatic heterocycles. The highest BCUT2D eigenvalue weighted by Crippen LogP contribution is 2.33. The highest BCUT2D eigenvalue weighted by Gasteiger charge is 2.54. The van der Waals surface area contributed by atoms with E-state index in [2.05, 4.69) is 16.0 Å². The van der Waals surface area contributed by atoms with Crippen molar-refractivity contribution in [1.82, 2.24) is 16.0 Å². The highest BCUT2D eigenvalue weighted by molar-refractivity contribution is 5.74. The van der Waals surface area contributed by atoms with Gasteiger partial charge in [-0.3, -0.25) is 14.4 Å². The summed E-state index contributed by atoms with van der Waals surface area (Å²) in [5.41, 5.74) is 0. The molecule has 0 spiro atoms. The van der Waals surface area contributed by atoms with E-state index in [0.29, 0.717) is 0 Å². The number of carbonyl (C=O) groups excluding carboxylic acids is 3. The molecule has 248 valence electrons. The molecule has 0 aromatic carbocycles. The van der Waals surface area contributed by atoms with Gasteiger partial charge in [0.25, 0.3) is 0 Å². The lowest BCUT2D eigenvalue weighted by Crippen LogP contribution is -2.70. The largest absolute Gasteiger partial charge is 0.394 e. The molecular weight excluding hydrogens is 582 g/mol. The van der Waals surface area contributed by atoms with Crippen LogP contribution in [0.15, 0.2) is 0 Å². The van der Waals surface area contributed by atoms with Crippen molar-refractivity contribution in [2.75, 3.05) is 19.8 Å². The number of aliphatic hydroxyl groups excluding tert-OH is 7. The number of hydrogen-bond donors (Lipinski definition) is 10. The Morgan fingerprint density at radius 1 is 0.605 bits per heavy atom. The molecule has 3 heterocycles. The Morgan fingerprint density at radius 3 is 1.42 bits per heavy atom. The summed E-state index contributed by atoms with van der Waals surface area (Å²) in [6.07, 6.45) is -16.0. The van der Waals surface area contributed by atoms with Crippen LogP contribution in [-0.4, -0.2) is 159 Å². The Hall–Kier alpha value is -2.07.